The fourth-order valence-electron chi connectivity index (χ4n) is 1.83. The molecule has 0 aliphatic heterocycles. The second-order valence-electron chi connectivity index (χ2n) is 5.82. The van der Waals surface area contributed by atoms with E-state index in [1.54, 1.807) is 38.0 Å². The van der Waals surface area contributed by atoms with E-state index in [0.717, 1.165) is 35.1 Å². The van der Waals surface area contributed by atoms with Crippen molar-refractivity contribution in [2.75, 3.05) is 34.4 Å². The Labute approximate surface area is 168 Å². The predicted octanol–water partition coefficient (Wildman–Crippen LogP) is 3.29. The molecule has 148 valence electrons. The molecule has 8 nitrogen and oxygen atoms in total. The maximum Gasteiger partial charge on any atom is 0.447 e. The van der Waals surface area contributed by atoms with E-state index >= 15 is 0 Å². The van der Waals surface area contributed by atoms with Gasteiger partial charge < -0.3 is 4.90 Å². The van der Waals surface area contributed by atoms with Crippen LogP contribution in [0, 0.1) is 13.8 Å². The number of hydrogen-bond donors (Lipinski definition) is 0. The SMILES string of the molecule is CS/C(=N\OC(=O)N(C)SN(C)C=Nc1ccc(C)cc1C)C(=O)N(C)C. The number of carbonyl (C=O) groups is 2. The molecular weight excluding hydrogens is 386 g/mol. The van der Waals surface area contributed by atoms with Gasteiger partial charge in [0, 0.05) is 28.2 Å². The Kier molecular flexibility index (Phi) is 9.16. The molecule has 0 fully saturated rings. The molecule has 0 heterocycles. The van der Waals surface area contributed by atoms with Crippen LogP contribution in [-0.4, -0.2) is 71.3 Å². The number of thioether (sulfide) groups is 1. The quantitative estimate of drug-likeness (QED) is 0.243. The van der Waals surface area contributed by atoms with Crippen LogP contribution in [0.15, 0.2) is 28.3 Å². The zero-order valence-electron chi connectivity index (χ0n) is 16.6. The summed E-state index contributed by atoms with van der Waals surface area (Å²) in [6.07, 6.45) is 2.59. The molecule has 0 aliphatic carbocycles. The third-order valence-corrected chi connectivity index (χ3v) is 4.59. The van der Waals surface area contributed by atoms with Crippen LogP contribution in [0.4, 0.5) is 10.5 Å². The predicted molar refractivity (Wildman–Crippen MR) is 113 cm³/mol. The van der Waals surface area contributed by atoms with Gasteiger partial charge in [0.25, 0.3) is 5.91 Å². The van der Waals surface area contributed by atoms with Crippen LogP contribution in [0.5, 0.6) is 0 Å². The molecule has 27 heavy (non-hydrogen) atoms. The summed E-state index contributed by atoms with van der Waals surface area (Å²) in [4.78, 5) is 34.5. The van der Waals surface area contributed by atoms with Crippen molar-refractivity contribution in [2.45, 2.75) is 13.8 Å². The van der Waals surface area contributed by atoms with Crippen molar-refractivity contribution in [1.82, 2.24) is 13.5 Å². The van der Waals surface area contributed by atoms with Crippen LogP contribution in [0.25, 0.3) is 0 Å². The second-order valence-corrected chi connectivity index (χ2v) is 7.90. The van der Waals surface area contributed by atoms with E-state index in [1.807, 2.05) is 26.0 Å². The van der Waals surface area contributed by atoms with Crippen LogP contribution in [0.3, 0.4) is 0 Å². The molecule has 0 bridgehead atoms. The van der Waals surface area contributed by atoms with Crippen molar-refractivity contribution in [3.8, 4) is 0 Å². The molecule has 0 aromatic heterocycles. The van der Waals surface area contributed by atoms with E-state index in [0.29, 0.717) is 0 Å². The van der Waals surface area contributed by atoms with Gasteiger partial charge in [-0.1, -0.05) is 22.9 Å². The minimum atomic E-state index is -0.704. The molecule has 1 aromatic carbocycles. The number of aliphatic imine (C=N–C) groups is 1. The van der Waals surface area contributed by atoms with Gasteiger partial charge in [0.2, 0.25) is 5.04 Å². The largest absolute Gasteiger partial charge is 0.447 e. The molecule has 2 amide bonds. The molecule has 0 aliphatic rings. The fraction of sp³-hybridized carbons (Fsp3) is 0.412. The van der Waals surface area contributed by atoms with Crippen LogP contribution in [-0.2, 0) is 9.63 Å². The third-order valence-electron chi connectivity index (χ3n) is 3.21. The smallest absolute Gasteiger partial charge is 0.343 e. The van der Waals surface area contributed by atoms with E-state index < -0.39 is 6.09 Å². The summed E-state index contributed by atoms with van der Waals surface area (Å²) in [6, 6.07) is 5.99. The van der Waals surface area contributed by atoms with Crippen LogP contribution >= 0.6 is 23.9 Å². The number of hydrogen-bond acceptors (Lipinski definition) is 7. The van der Waals surface area contributed by atoms with Gasteiger partial charge >= 0.3 is 6.09 Å². The summed E-state index contributed by atoms with van der Waals surface area (Å²) < 4.78 is 2.90. The van der Waals surface area contributed by atoms with Gasteiger partial charge in [-0.05, 0) is 31.7 Å². The molecule has 0 saturated heterocycles. The maximum atomic E-state index is 12.0. The van der Waals surface area contributed by atoms with Gasteiger partial charge in [-0.15, -0.1) is 11.8 Å². The molecule has 0 unspecified atom stereocenters. The summed E-state index contributed by atoms with van der Waals surface area (Å²) in [5.74, 6) is -0.330. The minimum Gasteiger partial charge on any atom is -0.343 e. The van der Waals surface area contributed by atoms with Crippen molar-refractivity contribution in [3.05, 3.63) is 29.3 Å². The molecule has 0 saturated carbocycles. The third kappa shape index (κ3) is 7.51. The molecule has 1 rings (SSSR count). The average molecular weight is 412 g/mol. The average Bonchev–Trinajstić information content (AvgIpc) is 2.60. The Balaban J connectivity index is 2.63. The Hall–Kier alpha value is -2.20. The Morgan fingerprint density at radius 1 is 1.15 bits per heavy atom. The van der Waals surface area contributed by atoms with Crippen molar-refractivity contribution in [3.63, 3.8) is 0 Å². The van der Waals surface area contributed by atoms with Crippen molar-refractivity contribution < 1.29 is 14.4 Å². The summed E-state index contributed by atoms with van der Waals surface area (Å²) in [7, 11) is 6.49. The Morgan fingerprint density at radius 3 is 2.37 bits per heavy atom. The lowest BCUT2D eigenvalue weighted by Gasteiger charge is -2.18. The number of amides is 2. The molecule has 1 aromatic rings. The van der Waals surface area contributed by atoms with Crippen LogP contribution < -0.4 is 0 Å². The monoisotopic (exact) mass is 411 g/mol. The van der Waals surface area contributed by atoms with Crippen molar-refractivity contribution in [1.29, 1.82) is 0 Å². The number of rotatable bonds is 5. The van der Waals surface area contributed by atoms with E-state index in [2.05, 4.69) is 16.2 Å². The first-order valence-electron chi connectivity index (χ1n) is 7.96. The number of benzene rings is 1. The van der Waals surface area contributed by atoms with Crippen LogP contribution in [0.2, 0.25) is 0 Å². The van der Waals surface area contributed by atoms with Crippen molar-refractivity contribution in [2.24, 2.45) is 10.1 Å². The summed E-state index contributed by atoms with van der Waals surface area (Å²) in [5, 5.41) is 3.73. The highest BCUT2D eigenvalue weighted by molar-refractivity contribution is 8.15. The van der Waals surface area contributed by atoms with Gasteiger partial charge in [0.05, 0.1) is 17.8 Å². The number of carbonyl (C=O) groups excluding carboxylic acids is 2. The Morgan fingerprint density at radius 2 is 1.81 bits per heavy atom. The first kappa shape index (κ1) is 22.8. The van der Waals surface area contributed by atoms with Crippen LogP contribution in [0.1, 0.15) is 11.1 Å². The molecule has 0 N–H and O–H groups in total. The van der Waals surface area contributed by atoms with E-state index in [9.17, 15) is 9.59 Å². The van der Waals surface area contributed by atoms with Gasteiger partial charge in [-0.25, -0.2) is 14.1 Å². The highest BCUT2D eigenvalue weighted by atomic mass is 32.2. The van der Waals surface area contributed by atoms with Crippen molar-refractivity contribution >= 4 is 53.0 Å². The summed E-state index contributed by atoms with van der Waals surface area (Å²) in [6.45, 7) is 4.02. The lowest BCUT2D eigenvalue weighted by Crippen LogP contribution is -2.29. The Bertz CT molecular complexity index is 737. The maximum absolute atomic E-state index is 12.0. The highest BCUT2D eigenvalue weighted by Crippen LogP contribution is 2.20. The zero-order valence-corrected chi connectivity index (χ0v) is 18.2. The molecular formula is C17H25N5O3S2. The number of oxime groups is 1. The van der Waals surface area contributed by atoms with Gasteiger partial charge in [-0.2, -0.15) is 0 Å². The molecule has 0 spiro atoms. The van der Waals surface area contributed by atoms with Gasteiger partial charge in [-0.3, -0.25) is 13.9 Å². The number of nitrogens with zero attached hydrogens (tertiary/aromatic N) is 5. The first-order chi connectivity index (χ1) is 12.6. The normalized spacial score (nSPS) is 11.4. The second kappa shape index (κ2) is 10.8. The first-order valence-corrected chi connectivity index (χ1v) is 9.92. The topological polar surface area (TPSA) is 77.8 Å². The van der Waals surface area contributed by atoms with E-state index in [4.69, 9.17) is 4.84 Å². The fourth-order valence-corrected chi connectivity index (χ4v) is 2.88. The van der Waals surface area contributed by atoms with E-state index in [-0.39, 0.29) is 11.0 Å². The highest BCUT2D eigenvalue weighted by Gasteiger charge is 2.17. The summed E-state index contributed by atoms with van der Waals surface area (Å²) in [5.41, 5.74) is 3.10. The molecule has 0 radical (unpaired) electrons. The molecule has 0 atom stereocenters. The summed E-state index contributed by atoms with van der Waals surface area (Å²) >= 11 is 2.19. The standard InChI is InChI=1S/C17H25N5O3S2/c1-12-8-9-14(13(2)10-12)18-11-21(5)27-22(6)17(24)25-19-15(26-7)16(23)20(3)4/h8-11H,1-7H3/b18-11?,19-15-. The van der Waals surface area contributed by atoms with E-state index in [1.165, 1.54) is 21.8 Å². The zero-order chi connectivity index (χ0) is 20.6. The number of aryl methyl sites for hydroxylation is 2. The molecule has 10 heteroatoms. The minimum absolute atomic E-state index is 0.0940. The lowest BCUT2D eigenvalue weighted by atomic mass is 10.1. The van der Waals surface area contributed by atoms with Gasteiger partial charge in [0.1, 0.15) is 6.34 Å². The lowest BCUT2D eigenvalue weighted by molar-refractivity contribution is -0.121. The van der Waals surface area contributed by atoms with Gasteiger partial charge in [0.15, 0.2) is 0 Å².